The number of halogens is 1. The Balaban J connectivity index is 1.20. The Morgan fingerprint density at radius 3 is 2.96 bits per heavy atom. The molecule has 1 aromatic heterocycles. The fourth-order valence-corrected chi connectivity index (χ4v) is 8.81. The third-order valence-electron chi connectivity index (χ3n) is 5.02. The molecule has 0 saturated carbocycles. The Hall–Kier alpha value is -1.35. The van der Waals surface area contributed by atoms with Crippen molar-refractivity contribution in [3.05, 3.63) is 41.5 Å². The van der Waals surface area contributed by atoms with E-state index in [1.54, 1.807) is 12.6 Å². The molecule has 1 saturated heterocycles. The Morgan fingerprint density at radius 2 is 2.23 bits per heavy atom. The fourth-order valence-electron chi connectivity index (χ4n) is 3.35. The van der Waals surface area contributed by atoms with Crippen molar-refractivity contribution >= 4 is 26.1 Å². The van der Waals surface area contributed by atoms with E-state index in [2.05, 4.69) is 43.3 Å². The zero-order valence-corrected chi connectivity index (χ0v) is 17.4. The molecule has 3 aliphatic rings. The third kappa shape index (κ3) is 4.68. The average Bonchev–Trinajstić information content (AvgIpc) is 3.33. The van der Waals surface area contributed by atoms with Gasteiger partial charge in [-0.25, -0.2) is 0 Å². The number of alkyl halides is 2. The quantitative estimate of drug-likeness (QED) is 0.259. The van der Waals surface area contributed by atoms with E-state index >= 15 is 0 Å². The molecule has 26 heavy (non-hydrogen) atoms. The molecule has 1 fully saturated rings. The molecule has 1 aliphatic heterocycles. The van der Waals surface area contributed by atoms with Gasteiger partial charge in [-0.1, -0.05) is 0 Å². The summed E-state index contributed by atoms with van der Waals surface area (Å²) < 4.78 is 17.3. The van der Waals surface area contributed by atoms with Crippen LogP contribution >= 0.6 is 20.1 Å². The first-order valence-electron chi connectivity index (χ1n) is 9.37. The van der Waals surface area contributed by atoms with Crippen molar-refractivity contribution in [3.63, 3.8) is 0 Å². The zero-order chi connectivity index (χ0) is 17.8. The van der Waals surface area contributed by atoms with Gasteiger partial charge in [0.25, 0.3) is 0 Å². The van der Waals surface area contributed by atoms with Crippen LogP contribution in [0.1, 0.15) is 38.0 Å². The van der Waals surface area contributed by atoms with Crippen LogP contribution in [0.25, 0.3) is 0 Å². The number of aromatic nitrogens is 2. The SMILES string of the molecule is CNc1nnc(CNI2C[C@@H]2C2=CC=C(OCC3CC=CCC3)CC2)o1. The first-order chi connectivity index (χ1) is 12.8. The van der Waals surface area contributed by atoms with E-state index in [1.165, 1.54) is 29.4 Å². The van der Waals surface area contributed by atoms with Gasteiger partial charge in [0.2, 0.25) is 0 Å². The van der Waals surface area contributed by atoms with Crippen LogP contribution in [0.4, 0.5) is 6.01 Å². The number of hydrogen-bond acceptors (Lipinski definition) is 6. The Bertz CT molecular complexity index is 712. The summed E-state index contributed by atoms with van der Waals surface area (Å²) in [5.74, 6) is 2.54. The maximum absolute atomic E-state index is 6.06. The van der Waals surface area contributed by atoms with E-state index in [0.717, 1.165) is 23.4 Å². The molecule has 0 aromatic carbocycles. The van der Waals surface area contributed by atoms with E-state index in [1.807, 2.05) is 0 Å². The number of nitrogens with one attached hydrogen (secondary N) is 2. The van der Waals surface area contributed by atoms with Crippen molar-refractivity contribution in [3.8, 4) is 0 Å². The maximum atomic E-state index is 6.06. The fraction of sp³-hybridized carbons (Fsp3) is 0.579. The van der Waals surface area contributed by atoms with Crippen molar-refractivity contribution < 1.29 is 9.15 Å². The molecule has 0 radical (unpaired) electrons. The van der Waals surface area contributed by atoms with Gasteiger partial charge < -0.3 is 0 Å². The van der Waals surface area contributed by atoms with Crippen molar-refractivity contribution in [2.24, 2.45) is 5.92 Å². The predicted molar refractivity (Wildman–Crippen MR) is 111 cm³/mol. The normalized spacial score (nSPS) is 26.3. The van der Waals surface area contributed by atoms with E-state index < -0.39 is 20.1 Å². The molecule has 2 atom stereocenters. The predicted octanol–water partition coefficient (Wildman–Crippen LogP) is 3.98. The Morgan fingerprint density at radius 1 is 1.27 bits per heavy atom. The van der Waals surface area contributed by atoms with Crippen LogP contribution in [-0.4, -0.2) is 32.2 Å². The summed E-state index contributed by atoms with van der Waals surface area (Å²) in [6.45, 7) is 1.57. The number of nitrogens with zero attached hydrogens (tertiary/aromatic N) is 2. The molecule has 0 spiro atoms. The minimum atomic E-state index is -1.06. The zero-order valence-electron chi connectivity index (χ0n) is 15.2. The molecule has 6 nitrogen and oxygen atoms in total. The molecular weight excluding hydrogens is 443 g/mol. The van der Waals surface area contributed by atoms with E-state index in [9.17, 15) is 0 Å². The molecule has 0 amide bonds. The number of hydrogen-bond donors (Lipinski definition) is 2. The number of ether oxygens (including phenoxy) is 1. The van der Waals surface area contributed by atoms with Crippen molar-refractivity contribution in [1.29, 1.82) is 0 Å². The van der Waals surface area contributed by atoms with E-state index in [4.69, 9.17) is 9.15 Å². The molecular formula is C19H27IN4O2. The van der Waals surface area contributed by atoms with Gasteiger partial charge in [-0.3, -0.25) is 0 Å². The monoisotopic (exact) mass is 470 g/mol. The van der Waals surface area contributed by atoms with Crippen LogP contribution in [0.3, 0.4) is 0 Å². The van der Waals surface area contributed by atoms with Crippen molar-refractivity contribution in [1.82, 2.24) is 13.7 Å². The van der Waals surface area contributed by atoms with Gasteiger partial charge in [0, 0.05) is 0 Å². The van der Waals surface area contributed by atoms with Crippen LogP contribution in [-0.2, 0) is 11.3 Å². The standard InChI is InChI=1S/C19H27IN4O2/c1-21-19-24-23-18(26-19)12-22-20-11-17(20)15-7-9-16(10-8-15)25-13-14-5-3-2-4-6-14/h2-3,7,9,14,17,22H,4-6,8,10-13H2,1H3,(H,21,24)/t14?,17-/m1/s1. The van der Waals surface area contributed by atoms with Crippen molar-refractivity contribution in [2.45, 2.75) is 42.6 Å². The van der Waals surface area contributed by atoms with Gasteiger partial charge >= 0.3 is 162 Å². The van der Waals surface area contributed by atoms with Crippen LogP contribution in [0.15, 0.2) is 40.1 Å². The molecule has 142 valence electrons. The third-order valence-corrected chi connectivity index (χ3v) is 10.1. The van der Waals surface area contributed by atoms with Gasteiger partial charge in [0.1, 0.15) is 0 Å². The number of allylic oxidation sites excluding steroid dienone is 6. The van der Waals surface area contributed by atoms with Gasteiger partial charge in [0.15, 0.2) is 0 Å². The van der Waals surface area contributed by atoms with E-state index in [-0.39, 0.29) is 0 Å². The van der Waals surface area contributed by atoms with Gasteiger partial charge in [0.05, 0.1) is 0 Å². The Kier molecular flexibility index (Phi) is 5.94. The van der Waals surface area contributed by atoms with Crippen molar-refractivity contribution in [2.75, 3.05) is 23.4 Å². The summed E-state index contributed by atoms with van der Waals surface area (Å²) in [4.78, 5) is 0. The second-order valence-corrected chi connectivity index (χ2v) is 12.3. The molecule has 2 aliphatic carbocycles. The van der Waals surface area contributed by atoms with E-state index in [0.29, 0.717) is 24.4 Å². The Labute approximate surface area is 162 Å². The molecule has 1 unspecified atom stereocenters. The summed E-state index contributed by atoms with van der Waals surface area (Å²) >= 11 is -1.06. The molecule has 2 heterocycles. The van der Waals surface area contributed by atoms with Crippen LogP contribution in [0.2, 0.25) is 0 Å². The topological polar surface area (TPSA) is 72.2 Å². The average molecular weight is 470 g/mol. The summed E-state index contributed by atoms with van der Waals surface area (Å²) in [6, 6.07) is 0.481. The first-order valence-corrected chi connectivity index (χ1v) is 13.2. The first kappa shape index (κ1) is 18.0. The molecule has 1 aromatic rings. The molecule has 4 rings (SSSR count). The number of anilines is 1. The van der Waals surface area contributed by atoms with Gasteiger partial charge in [-0.2, -0.15) is 0 Å². The summed E-state index contributed by atoms with van der Waals surface area (Å²) in [6.07, 6.45) is 15.0. The van der Waals surface area contributed by atoms with Crippen LogP contribution in [0, 0.1) is 5.92 Å². The minimum absolute atomic E-state index is 0.481. The molecule has 7 heteroatoms. The molecule has 0 bridgehead atoms. The summed E-state index contributed by atoms with van der Waals surface area (Å²) in [5.41, 5.74) is 1.61. The number of rotatable bonds is 8. The molecule has 2 N–H and O–H groups in total. The second-order valence-electron chi connectivity index (χ2n) is 6.92. The van der Waals surface area contributed by atoms with Crippen LogP contribution in [0.5, 0.6) is 0 Å². The van der Waals surface area contributed by atoms with Crippen LogP contribution < -0.4 is 8.85 Å². The summed E-state index contributed by atoms with van der Waals surface area (Å²) in [5, 5.41) is 10.8. The van der Waals surface area contributed by atoms with Gasteiger partial charge in [-0.05, 0) is 0 Å². The second kappa shape index (κ2) is 8.56. The van der Waals surface area contributed by atoms with Gasteiger partial charge in [-0.15, -0.1) is 0 Å². The summed E-state index contributed by atoms with van der Waals surface area (Å²) in [7, 11) is 1.78.